The molecule has 0 atom stereocenters. The molecule has 138 valence electrons. The van der Waals surface area contributed by atoms with Crippen molar-refractivity contribution in [2.45, 2.75) is 0 Å². The summed E-state index contributed by atoms with van der Waals surface area (Å²) in [7, 11) is 0. The van der Waals surface area contributed by atoms with Gasteiger partial charge in [0, 0.05) is 23.3 Å². The van der Waals surface area contributed by atoms with E-state index in [1.165, 1.54) is 30.5 Å². The molecule has 0 radical (unpaired) electrons. The fraction of sp³-hybridized carbons (Fsp3) is 0.0476. The largest absolute Gasteiger partial charge is 0.480 e. The number of nitro groups is 1. The van der Waals surface area contributed by atoms with Crippen LogP contribution in [0.4, 0.5) is 5.69 Å². The van der Waals surface area contributed by atoms with Crippen LogP contribution < -0.4 is 10.2 Å². The number of rotatable bonds is 6. The normalized spacial score (nSPS) is 10.5. The summed E-state index contributed by atoms with van der Waals surface area (Å²) < 4.78 is 5.56. The summed E-state index contributed by atoms with van der Waals surface area (Å²) in [5, 5.41) is 16.7. The molecule has 28 heavy (non-hydrogen) atoms. The molecule has 0 aliphatic rings. The van der Waals surface area contributed by atoms with Gasteiger partial charge in [-0.2, -0.15) is 5.10 Å². The fourth-order valence-electron chi connectivity index (χ4n) is 2.63. The van der Waals surface area contributed by atoms with E-state index in [0.717, 1.165) is 10.8 Å². The van der Waals surface area contributed by atoms with Gasteiger partial charge in [-0.1, -0.05) is 42.3 Å². The van der Waals surface area contributed by atoms with Gasteiger partial charge in [-0.15, -0.1) is 6.42 Å². The Bertz CT molecular complexity index is 1120. The maximum Gasteiger partial charge on any atom is 0.271 e. The standard InChI is InChI=1S/C21H15N3O4/c1-2-12-28-20-11-10-15-6-3-4-9-18(15)19(20)14-22-23-21(25)16-7-5-8-17(13-16)24(26)27/h1,3-11,13-14H,12H2,(H,23,25)/b22-14-. The van der Waals surface area contributed by atoms with E-state index in [4.69, 9.17) is 11.2 Å². The van der Waals surface area contributed by atoms with Crippen molar-refractivity contribution in [2.24, 2.45) is 5.10 Å². The minimum Gasteiger partial charge on any atom is -0.480 e. The van der Waals surface area contributed by atoms with Gasteiger partial charge in [0.1, 0.15) is 12.4 Å². The lowest BCUT2D eigenvalue weighted by molar-refractivity contribution is -0.384. The summed E-state index contributed by atoms with van der Waals surface area (Å²) in [6.45, 7) is 0.0965. The van der Waals surface area contributed by atoms with Crippen LogP contribution >= 0.6 is 0 Å². The summed E-state index contributed by atoms with van der Waals surface area (Å²) in [5.74, 6) is 2.38. The lowest BCUT2D eigenvalue weighted by Crippen LogP contribution is -2.17. The average Bonchev–Trinajstić information content (AvgIpc) is 2.72. The predicted molar refractivity (Wildman–Crippen MR) is 106 cm³/mol. The van der Waals surface area contributed by atoms with Gasteiger partial charge in [0.25, 0.3) is 11.6 Å². The predicted octanol–water partition coefficient (Wildman–Crippen LogP) is 3.52. The Labute approximate surface area is 160 Å². The third kappa shape index (κ3) is 4.14. The molecule has 0 aliphatic carbocycles. The summed E-state index contributed by atoms with van der Waals surface area (Å²) in [4.78, 5) is 22.5. The molecule has 7 heteroatoms. The summed E-state index contributed by atoms with van der Waals surface area (Å²) in [6, 6.07) is 16.7. The first-order valence-corrected chi connectivity index (χ1v) is 8.26. The number of non-ortho nitro benzene ring substituents is 1. The Morgan fingerprint density at radius 2 is 2.04 bits per heavy atom. The smallest absolute Gasteiger partial charge is 0.271 e. The van der Waals surface area contributed by atoms with Crippen molar-refractivity contribution in [2.75, 3.05) is 6.61 Å². The van der Waals surface area contributed by atoms with Crippen LogP contribution in [0.1, 0.15) is 15.9 Å². The summed E-state index contributed by atoms with van der Waals surface area (Å²) >= 11 is 0. The minimum atomic E-state index is -0.564. The van der Waals surface area contributed by atoms with E-state index >= 15 is 0 Å². The highest BCUT2D eigenvalue weighted by Gasteiger charge is 2.11. The van der Waals surface area contributed by atoms with E-state index in [-0.39, 0.29) is 17.9 Å². The number of hydrogen-bond acceptors (Lipinski definition) is 5. The molecule has 3 rings (SSSR count). The molecule has 0 saturated heterocycles. The highest BCUT2D eigenvalue weighted by molar-refractivity contribution is 6.03. The maximum absolute atomic E-state index is 12.2. The lowest BCUT2D eigenvalue weighted by atomic mass is 10.0. The number of carbonyl (C=O) groups excluding carboxylic acids is 1. The first kappa shape index (κ1) is 18.6. The Hall–Kier alpha value is -4.18. The maximum atomic E-state index is 12.2. The molecule has 3 aromatic carbocycles. The zero-order chi connectivity index (χ0) is 19.9. The topological polar surface area (TPSA) is 93.8 Å². The molecule has 1 N–H and O–H groups in total. The molecule has 0 heterocycles. The van der Waals surface area contributed by atoms with Gasteiger partial charge in [0.05, 0.1) is 11.1 Å². The van der Waals surface area contributed by atoms with Crippen LogP contribution in [0.5, 0.6) is 5.75 Å². The number of hydrogen-bond donors (Lipinski definition) is 1. The Morgan fingerprint density at radius 3 is 2.82 bits per heavy atom. The van der Waals surface area contributed by atoms with Crippen LogP contribution in [0.25, 0.3) is 10.8 Å². The number of benzene rings is 3. The Balaban J connectivity index is 1.86. The second kappa shape index (κ2) is 8.47. The van der Waals surface area contributed by atoms with Crippen LogP contribution in [0.2, 0.25) is 0 Å². The molecule has 0 bridgehead atoms. The molecule has 0 aliphatic heterocycles. The van der Waals surface area contributed by atoms with Crippen LogP contribution in [0.15, 0.2) is 65.8 Å². The third-order valence-corrected chi connectivity index (χ3v) is 3.92. The molecule has 0 aromatic heterocycles. The molecule has 3 aromatic rings. The van der Waals surface area contributed by atoms with Gasteiger partial charge in [-0.3, -0.25) is 14.9 Å². The van der Waals surface area contributed by atoms with E-state index in [2.05, 4.69) is 16.4 Å². The van der Waals surface area contributed by atoms with Crippen molar-refractivity contribution in [3.05, 3.63) is 81.9 Å². The van der Waals surface area contributed by atoms with Gasteiger partial charge in [0.2, 0.25) is 0 Å². The number of hydrazone groups is 1. The van der Waals surface area contributed by atoms with Gasteiger partial charge >= 0.3 is 0 Å². The minimum absolute atomic E-state index is 0.0965. The number of fused-ring (bicyclic) bond motifs is 1. The average molecular weight is 373 g/mol. The SMILES string of the molecule is C#CCOc1ccc2ccccc2c1/C=N\NC(=O)c1cccc([N+](=O)[O-])c1. The van der Waals surface area contributed by atoms with Crippen LogP contribution in [0.3, 0.4) is 0 Å². The Morgan fingerprint density at radius 1 is 1.21 bits per heavy atom. The zero-order valence-electron chi connectivity index (χ0n) is 14.7. The quantitative estimate of drug-likeness (QED) is 0.310. The van der Waals surface area contributed by atoms with E-state index in [1.807, 2.05) is 30.3 Å². The van der Waals surface area contributed by atoms with E-state index in [0.29, 0.717) is 11.3 Å². The molecule has 0 saturated carbocycles. The molecular formula is C21H15N3O4. The number of amides is 1. The van der Waals surface area contributed by atoms with E-state index in [1.54, 1.807) is 6.07 Å². The van der Waals surface area contributed by atoms with Crippen molar-refractivity contribution < 1.29 is 14.5 Å². The highest BCUT2D eigenvalue weighted by Crippen LogP contribution is 2.26. The van der Waals surface area contributed by atoms with Crippen molar-refractivity contribution in [3.63, 3.8) is 0 Å². The molecule has 0 spiro atoms. The Kier molecular flexibility index (Phi) is 5.63. The second-order valence-electron chi connectivity index (χ2n) is 5.70. The second-order valence-corrected chi connectivity index (χ2v) is 5.70. The summed E-state index contributed by atoms with van der Waals surface area (Å²) in [5.41, 5.74) is 3.00. The van der Waals surface area contributed by atoms with Crippen molar-refractivity contribution >= 4 is 28.6 Å². The molecular weight excluding hydrogens is 358 g/mol. The van der Waals surface area contributed by atoms with E-state index < -0.39 is 10.8 Å². The van der Waals surface area contributed by atoms with Gasteiger partial charge in [0.15, 0.2) is 0 Å². The summed E-state index contributed by atoms with van der Waals surface area (Å²) in [6.07, 6.45) is 6.72. The van der Waals surface area contributed by atoms with Crippen LogP contribution in [0, 0.1) is 22.5 Å². The first-order valence-electron chi connectivity index (χ1n) is 8.26. The number of carbonyl (C=O) groups is 1. The molecule has 0 unspecified atom stereocenters. The third-order valence-electron chi connectivity index (χ3n) is 3.92. The van der Waals surface area contributed by atoms with Crippen molar-refractivity contribution in [3.8, 4) is 18.1 Å². The monoisotopic (exact) mass is 373 g/mol. The molecule has 0 fully saturated rings. The van der Waals surface area contributed by atoms with Crippen molar-refractivity contribution in [1.82, 2.24) is 5.43 Å². The first-order chi connectivity index (χ1) is 13.6. The van der Waals surface area contributed by atoms with Gasteiger partial charge in [-0.05, 0) is 22.9 Å². The number of nitrogens with one attached hydrogen (secondary N) is 1. The van der Waals surface area contributed by atoms with Gasteiger partial charge in [-0.25, -0.2) is 5.43 Å². The number of nitrogens with zero attached hydrogens (tertiary/aromatic N) is 2. The number of terminal acetylenes is 1. The van der Waals surface area contributed by atoms with Gasteiger partial charge < -0.3 is 4.74 Å². The van der Waals surface area contributed by atoms with Crippen LogP contribution in [-0.2, 0) is 0 Å². The molecule has 1 amide bonds. The van der Waals surface area contributed by atoms with Crippen molar-refractivity contribution in [1.29, 1.82) is 0 Å². The van der Waals surface area contributed by atoms with E-state index in [9.17, 15) is 14.9 Å². The number of nitro benzene ring substituents is 1. The lowest BCUT2D eigenvalue weighted by Gasteiger charge is -2.09. The molecule has 7 nitrogen and oxygen atoms in total. The zero-order valence-corrected chi connectivity index (χ0v) is 14.7. The fourth-order valence-corrected chi connectivity index (χ4v) is 2.63. The highest BCUT2D eigenvalue weighted by atomic mass is 16.6. The number of ether oxygens (including phenoxy) is 1. The van der Waals surface area contributed by atoms with Crippen LogP contribution in [-0.4, -0.2) is 23.7 Å².